The summed E-state index contributed by atoms with van der Waals surface area (Å²) in [6, 6.07) is 4.68. The van der Waals surface area contributed by atoms with Crippen molar-refractivity contribution >= 4 is 46.3 Å². The molecule has 0 atom stereocenters. The molecule has 1 aromatic carbocycles. The average molecular weight is 338 g/mol. The van der Waals surface area contributed by atoms with Crippen molar-refractivity contribution in [1.82, 2.24) is 4.90 Å². The number of hydrogen-bond donors (Lipinski definition) is 1. The highest BCUT2D eigenvalue weighted by atomic mass is 32.2. The number of aromatic hydroxyl groups is 1. The number of rotatable bonds is 5. The fraction of sp³-hybridized carbons (Fsp3) is 0.214. The molecule has 0 saturated carbocycles. The van der Waals surface area contributed by atoms with Gasteiger partial charge in [-0.1, -0.05) is 30.0 Å². The molecule has 1 aliphatic heterocycles. The first-order chi connectivity index (χ1) is 10.4. The number of thioether (sulfide) groups is 1. The van der Waals surface area contributed by atoms with Gasteiger partial charge in [-0.05, 0) is 23.8 Å². The molecule has 8 heteroatoms. The molecular weight excluding hydrogens is 326 g/mol. The van der Waals surface area contributed by atoms with Crippen molar-refractivity contribution in [3.05, 3.63) is 28.7 Å². The standard InChI is InChI=1S/C14H13NO5S2/c1-20-10-6-8(2-3-9(10)16)7-11-13(19)15(14(21)22-11)5-4-12(17)18/h2-3,6-7,16H,4-5H2,1H3,(H,17,18)/p-1/b11-7+. The van der Waals surface area contributed by atoms with Crippen LogP contribution in [0.3, 0.4) is 0 Å². The van der Waals surface area contributed by atoms with Crippen LogP contribution in [0.1, 0.15) is 12.0 Å². The number of benzene rings is 1. The van der Waals surface area contributed by atoms with Gasteiger partial charge in [-0.2, -0.15) is 0 Å². The van der Waals surface area contributed by atoms with Gasteiger partial charge in [-0.3, -0.25) is 9.69 Å². The number of nitrogens with zero attached hydrogens (tertiary/aromatic N) is 1. The molecule has 6 nitrogen and oxygen atoms in total. The van der Waals surface area contributed by atoms with Gasteiger partial charge in [0.05, 0.1) is 12.0 Å². The highest BCUT2D eigenvalue weighted by Crippen LogP contribution is 2.34. The first-order valence-corrected chi connectivity index (χ1v) is 7.47. The van der Waals surface area contributed by atoms with Gasteiger partial charge < -0.3 is 19.7 Å². The van der Waals surface area contributed by atoms with E-state index >= 15 is 0 Å². The molecule has 1 N–H and O–H groups in total. The van der Waals surface area contributed by atoms with Crippen molar-refractivity contribution in [3.63, 3.8) is 0 Å². The van der Waals surface area contributed by atoms with E-state index in [9.17, 15) is 19.8 Å². The molecule has 1 fully saturated rings. The number of methoxy groups -OCH3 is 1. The van der Waals surface area contributed by atoms with E-state index in [1.807, 2.05) is 0 Å². The third-order valence-electron chi connectivity index (χ3n) is 2.91. The van der Waals surface area contributed by atoms with Gasteiger partial charge in [-0.15, -0.1) is 0 Å². The second-order valence-corrected chi connectivity index (χ2v) is 6.06. The van der Waals surface area contributed by atoms with E-state index in [-0.39, 0.29) is 24.6 Å². The van der Waals surface area contributed by atoms with Gasteiger partial charge >= 0.3 is 0 Å². The minimum Gasteiger partial charge on any atom is -0.550 e. The van der Waals surface area contributed by atoms with Crippen LogP contribution in [0.25, 0.3) is 6.08 Å². The molecule has 116 valence electrons. The van der Waals surface area contributed by atoms with E-state index in [0.717, 1.165) is 11.8 Å². The van der Waals surface area contributed by atoms with Gasteiger partial charge in [0.25, 0.3) is 5.91 Å². The minimum absolute atomic E-state index is 0.00107. The lowest BCUT2D eigenvalue weighted by Gasteiger charge is -2.14. The molecule has 1 saturated heterocycles. The van der Waals surface area contributed by atoms with Crippen molar-refractivity contribution in [2.45, 2.75) is 6.42 Å². The largest absolute Gasteiger partial charge is 0.550 e. The Bertz CT molecular complexity index is 671. The van der Waals surface area contributed by atoms with E-state index in [1.165, 1.54) is 18.1 Å². The number of carbonyl (C=O) groups excluding carboxylic acids is 2. The van der Waals surface area contributed by atoms with Crippen LogP contribution in [0.5, 0.6) is 11.5 Å². The summed E-state index contributed by atoms with van der Waals surface area (Å²) in [7, 11) is 1.43. The van der Waals surface area contributed by atoms with Gasteiger partial charge in [0.1, 0.15) is 4.32 Å². The van der Waals surface area contributed by atoms with Crippen LogP contribution < -0.4 is 9.84 Å². The molecule has 0 unspecified atom stereocenters. The van der Waals surface area contributed by atoms with Crippen LogP contribution in [0.2, 0.25) is 0 Å². The quantitative estimate of drug-likeness (QED) is 0.625. The number of carboxylic acids is 1. The molecule has 1 aromatic rings. The number of thiocarbonyl (C=S) groups is 1. The smallest absolute Gasteiger partial charge is 0.266 e. The second-order valence-electron chi connectivity index (χ2n) is 4.39. The zero-order valence-corrected chi connectivity index (χ0v) is 13.2. The summed E-state index contributed by atoms with van der Waals surface area (Å²) in [5.74, 6) is -1.29. The highest BCUT2D eigenvalue weighted by molar-refractivity contribution is 8.26. The Morgan fingerprint density at radius 3 is 2.91 bits per heavy atom. The summed E-state index contributed by atoms with van der Waals surface area (Å²) in [6.07, 6.45) is 1.34. The molecule has 0 radical (unpaired) electrons. The summed E-state index contributed by atoms with van der Waals surface area (Å²) >= 11 is 6.18. The Morgan fingerprint density at radius 1 is 1.55 bits per heavy atom. The van der Waals surface area contributed by atoms with Crippen LogP contribution >= 0.6 is 24.0 Å². The van der Waals surface area contributed by atoms with Crippen molar-refractivity contribution in [1.29, 1.82) is 0 Å². The Balaban J connectivity index is 2.21. The molecular formula is C14H12NO5S2-. The molecule has 22 heavy (non-hydrogen) atoms. The molecule has 1 aliphatic rings. The molecule has 1 heterocycles. The van der Waals surface area contributed by atoms with E-state index in [0.29, 0.717) is 20.5 Å². The Hall–Kier alpha value is -2.06. The van der Waals surface area contributed by atoms with Crippen molar-refractivity contribution in [3.8, 4) is 11.5 Å². The molecule has 1 amide bonds. The molecule has 0 spiro atoms. The monoisotopic (exact) mass is 338 g/mol. The van der Waals surface area contributed by atoms with Gasteiger partial charge in [0.2, 0.25) is 0 Å². The van der Waals surface area contributed by atoms with Crippen LogP contribution in [0.15, 0.2) is 23.1 Å². The number of ether oxygens (including phenoxy) is 1. The van der Waals surface area contributed by atoms with Crippen molar-refractivity contribution < 1.29 is 24.5 Å². The molecule has 0 aromatic heterocycles. The average Bonchev–Trinajstić information content (AvgIpc) is 2.73. The number of amides is 1. The van der Waals surface area contributed by atoms with E-state index < -0.39 is 5.97 Å². The van der Waals surface area contributed by atoms with Crippen LogP contribution in [0.4, 0.5) is 0 Å². The second kappa shape index (κ2) is 6.80. The van der Waals surface area contributed by atoms with Crippen LogP contribution in [-0.2, 0) is 9.59 Å². The first kappa shape index (κ1) is 16.3. The van der Waals surface area contributed by atoms with Gasteiger partial charge in [-0.25, -0.2) is 0 Å². The topological polar surface area (TPSA) is 89.9 Å². The molecule has 2 rings (SSSR count). The lowest BCUT2D eigenvalue weighted by molar-refractivity contribution is -0.305. The number of hydrogen-bond acceptors (Lipinski definition) is 7. The lowest BCUT2D eigenvalue weighted by Crippen LogP contribution is -2.33. The Morgan fingerprint density at radius 2 is 2.27 bits per heavy atom. The summed E-state index contributed by atoms with van der Waals surface area (Å²) in [6.45, 7) is -0.0107. The number of phenolic OH excluding ortho intramolecular Hbond substituents is 1. The maximum absolute atomic E-state index is 12.2. The van der Waals surface area contributed by atoms with Crippen molar-refractivity contribution in [2.24, 2.45) is 0 Å². The van der Waals surface area contributed by atoms with E-state index in [2.05, 4.69) is 0 Å². The van der Waals surface area contributed by atoms with E-state index in [4.69, 9.17) is 17.0 Å². The summed E-state index contributed by atoms with van der Waals surface area (Å²) < 4.78 is 5.31. The lowest BCUT2D eigenvalue weighted by atomic mass is 10.2. The fourth-order valence-electron chi connectivity index (χ4n) is 1.83. The molecule has 0 aliphatic carbocycles. The summed E-state index contributed by atoms with van der Waals surface area (Å²) in [5.41, 5.74) is 0.662. The fourth-order valence-corrected chi connectivity index (χ4v) is 3.14. The zero-order chi connectivity index (χ0) is 16.3. The zero-order valence-electron chi connectivity index (χ0n) is 11.6. The Labute approximate surface area is 136 Å². The third kappa shape index (κ3) is 3.58. The van der Waals surface area contributed by atoms with E-state index in [1.54, 1.807) is 18.2 Å². The highest BCUT2D eigenvalue weighted by Gasteiger charge is 2.31. The van der Waals surface area contributed by atoms with Gasteiger partial charge in [0.15, 0.2) is 11.5 Å². The van der Waals surface area contributed by atoms with Crippen molar-refractivity contribution in [2.75, 3.05) is 13.7 Å². The Kier molecular flexibility index (Phi) is 5.04. The molecule has 0 bridgehead atoms. The normalized spacial score (nSPS) is 16.4. The number of carbonyl (C=O) groups is 2. The maximum Gasteiger partial charge on any atom is 0.266 e. The summed E-state index contributed by atoms with van der Waals surface area (Å²) in [5, 5.41) is 20.0. The number of carboxylic acid groups (broad SMARTS) is 1. The maximum atomic E-state index is 12.2. The predicted octanol–water partition coefficient (Wildman–Crippen LogP) is 0.742. The summed E-state index contributed by atoms with van der Waals surface area (Å²) in [4.78, 5) is 24.3. The van der Waals surface area contributed by atoms with Crippen LogP contribution in [-0.4, -0.2) is 39.9 Å². The minimum atomic E-state index is -1.23. The number of aliphatic carboxylic acids is 1. The predicted molar refractivity (Wildman–Crippen MR) is 84.2 cm³/mol. The third-order valence-corrected chi connectivity index (χ3v) is 4.29. The number of phenols is 1. The first-order valence-electron chi connectivity index (χ1n) is 6.24. The SMILES string of the molecule is COc1cc(/C=C2/SC(=S)N(CCC(=O)[O-])C2=O)ccc1O. The van der Waals surface area contributed by atoms with Crippen LogP contribution in [0, 0.1) is 0 Å². The van der Waals surface area contributed by atoms with Gasteiger partial charge in [0, 0.05) is 18.9 Å².